The molecule has 164 valence electrons. The molecule has 0 bridgehead atoms. The Bertz CT molecular complexity index is 542. The van der Waals surface area contributed by atoms with Crippen LogP contribution in [-0.2, 0) is 32.7 Å². The first-order chi connectivity index (χ1) is 13.1. The minimum atomic E-state index is -4.68. The van der Waals surface area contributed by atoms with Crippen molar-refractivity contribution in [1.82, 2.24) is 5.32 Å². The molecule has 0 aromatic carbocycles. The molecule has 0 aromatic rings. The van der Waals surface area contributed by atoms with E-state index in [2.05, 4.69) is 19.1 Å². The third-order valence-electron chi connectivity index (χ3n) is 3.45. The van der Waals surface area contributed by atoms with E-state index in [4.69, 9.17) is 5.11 Å². The Morgan fingerprint density at radius 2 is 1.68 bits per heavy atom. The molecule has 0 aromatic heterocycles. The van der Waals surface area contributed by atoms with Crippen molar-refractivity contribution in [1.29, 1.82) is 0 Å². The molecule has 0 fully saturated rings. The SMILES string of the molecule is CCCCCCC(=O)NC(COP(=O)(O)OCC(O)COC(=O)CC)C(=O)O. The van der Waals surface area contributed by atoms with Crippen molar-refractivity contribution in [3.05, 3.63) is 0 Å². The van der Waals surface area contributed by atoms with Crippen molar-refractivity contribution in [3.8, 4) is 0 Å². The lowest BCUT2D eigenvalue weighted by atomic mass is 10.1. The first kappa shape index (κ1) is 26.5. The van der Waals surface area contributed by atoms with Gasteiger partial charge in [0.05, 0.1) is 13.2 Å². The number of nitrogens with one attached hydrogen (secondary N) is 1. The van der Waals surface area contributed by atoms with Gasteiger partial charge in [-0.15, -0.1) is 0 Å². The number of aliphatic hydroxyl groups excluding tert-OH is 1. The van der Waals surface area contributed by atoms with Crippen molar-refractivity contribution in [2.75, 3.05) is 19.8 Å². The van der Waals surface area contributed by atoms with Gasteiger partial charge >= 0.3 is 19.8 Å². The number of phosphoric ester groups is 1. The molecule has 28 heavy (non-hydrogen) atoms. The number of rotatable bonds is 16. The van der Waals surface area contributed by atoms with E-state index in [1.165, 1.54) is 0 Å². The fourth-order valence-corrected chi connectivity index (χ4v) is 2.65. The number of esters is 1. The monoisotopic (exact) mass is 427 g/mol. The van der Waals surface area contributed by atoms with Crippen molar-refractivity contribution < 1.29 is 47.8 Å². The molecule has 12 heteroatoms. The average molecular weight is 427 g/mol. The van der Waals surface area contributed by atoms with Gasteiger partial charge in [0.1, 0.15) is 12.7 Å². The van der Waals surface area contributed by atoms with E-state index >= 15 is 0 Å². The topological polar surface area (TPSA) is 169 Å². The van der Waals surface area contributed by atoms with E-state index in [0.29, 0.717) is 6.42 Å². The molecule has 0 saturated heterocycles. The molecular weight excluding hydrogens is 397 g/mol. The predicted molar refractivity (Wildman–Crippen MR) is 97.3 cm³/mol. The van der Waals surface area contributed by atoms with Gasteiger partial charge in [-0.25, -0.2) is 9.36 Å². The summed E-state index contributed by atoms with van der Waals surface area (Å²) in [5.41, 5.74) is 0. The Hall–Kier alpha value is -1.52. The summed E-state index contributed by atoms with van der Waals surface area (Å²) >= 11 is 0. The van der Waals surface area contributed by atoms with Gasteiger partial charge in [0.15, 0.2) is 6.04 Å². The first-order valence-electron chi connectivity index (χ1n) is 9.09. The van der Waals surface area contributed by atoms with Crippen LogP contribution in [0, 0.1) is 0 Å². The van der Waals surface area contributed by atoms with Crippen LogP contribution in [0.4, 0.5) is 0 Å². The maximum Gasteiger partial charge on any atom is 0.472 e. The lowest BCUT2D eigenvalue weighted by molar-refractivity contribution is -0.146. The smallest absolute Gasteiger partial charge is 0.472 e. The Balaban J connectivity index is 4.33. The Labute approximate surface area is 164 Å². The molecule has 0 rings (SSSR count). The number of carboxylic acids is 1. The van der Waals surface area contributed by atoms with Crippen LogP contribution >= 0.6 is 7.82 Å². The number of amides is 1. The average Bonchev–Trinajstić information content (AvgIpc) is 2.64. The fourth-order valence-electron chi connectivity index (χ4n) is 1.88. The third-order valence-corrected chi connectivity index (χ3v) is 4.40. The van der Waals surface area contributed by atoms with Crippen molar-refractivity contribution in [2.45, 2.75) is 64.5 Å². The number of carboxylic acid groups (broad SMARTS) is 1. The Morgan fingerprint density at radius 3 is 2.25 bits per heavy atom. The molecule has 0 saturated carbocycles. The number of unbranched alkanes of at least 4 members (excludes halogenated alkanes) is 3. The highest BCUT2D eigenvalue weighted by molar-refractivity contribution is 7.47. The lowest BCUT2D eigenvalue weighted by Gasteiger charge is -2.18. The largest absolute Gasteiger partial charge is 0.480 e. The number of carbonyl (C=O) groups is 3. The quantitative estimate of drug-likeness (QED) is 0.158. The van der Waals surface area contributed by atoms with E-state index in [0.717, 1.165) is 19.3 Å². The molecule has 3 atom stereocenters. The number of aliphatic hydroxyl groups is 1. The zero-order valence-electron chi connectivity index (χ0n) is 16.2. The highest BCUT2D eigenvalue weighted by atomic mass is 31.2. The van der Waals surface area contributed by atoms with Gasteiger partial charge in [-0.05, 0) is 6.42 Å². The van der Waals surface area contributed by atoms with Crippen LogP contribution in [0.5, 0.6) is 0 Å². The van der Waals surface area contributed by atoms with Crippen molar-refractivity contribution in [2.24, 2.45) is 0 Å². The van der Waals surface area contributed by atoms with Crippen LogP contribution in [0.3, 0.4) is 0 Å². The number of aliphatic carboxylic acids is 1. The minimum Gasteiger partial charge on any atom is -0.480 e. The van der Waals surface area contributed by atoms with Gasteiger partial charge in [0.25, 0.3) is 0 Å². The molecule has 3 unspecified atom stereocenters. The van der Waals surface area contributed by atoms with Crippen LogP contribution < -0.4 is 5.32 Å². The van der Waals surface area contributed by atoms with Crippen molar-refractivity contribution in [3.63, 3.8) is 0 Å². The lowest BCUT2D eigenvalue weighted by Crippen LogP contribution is -2.43. The highest BCUT2D eigenvalue weighted by Crippen LogP contribution is 2.43. The highest BCUT2D eigenvalue weighted by Gasteiger charge is 2.28. The maximum atomic E-state index is 11.8. The van der Waals surface area contributed by atoms with Gasteiger partial charge in [-0.3, -0.25) is 18.6 Å². The van der Waals surface area contributed by atoms with Crippen LogP contribution in [0.1, 0.15) is 52.4 Å². The molecule has 0 aliphatic carbocycles. The Morgan fingerprint density at radius 1 is 1.04 bits per heavy atom. The molecule has 0 spiro atoms. The standard InChI is InChI=1S/C16H30NO10P/c1-3-5-6-7-8-14(19)17-13(16(21)22)11-27-28(23,24)26-10-12(18)9-25-15(20)4-2/h12-13,18H,3-11H2,1-2H3,(H,17,19)(H,21,22)(H,23,24). The van der Waals surface area contributed by atoms with E-state index in [-0.39, 0.29) is 12.8 Å². The minimum absolute atomic E-state index is 0.107. The fraction of sp³-hybridized carbons (Fsp3) is 0.812. The molecule has 11 nitrogen and oxygen atoms in total. The summed E-state index contributed by atoms with van der Waals surface area (Å²) in [6.07, 6.45) is 2.29. The molecule has 0 radical (unpaired) electrons. The van der Waals surface area contributed by atoms with Gasteiger partial charge in [-0.1, -0.05) is 33.1 Å². The number of phosphoric acid groups is 1. The van der Waals surface area contributed by atoms with Crippen LogP contribution in [0.15, 0.2) is 0 Å². The van der Waals surface area contributed by atoms with Crippen LogP contribution in [0.2, 0.25) is 0 Å². The molecule has 1 amide bonds. The normalized spacial score (nSPS) is 15.3. The number of ether oxygens (including phenoxy) is 1. The van der Waals surface area contributed by atoms with E-state index in [1.807, 2.05) is 6.92 Å². The number of hydrogen-bond donors (Lipinski definition) is 4. The van der Waals surface area contributed by atoms with Gasteiger partial charge in [0.2, 0.25) is 5.91 Å². The predicted octanol–water partition coefficient (Wildman–Crippen LogP) is 0.974. The zero-order chi connectivity index (χ0) is 21.6. The second-order valence-electron chi connectivity index (χ2n) is 6.02. The molecule has 0 aliphatic rings. The van der Waals surface area contributed by atoms with E-state index < -0.39 is 57.6 Å². The summed E-state index contributed by atoms with van der Waals surface area (Å²) in [5, 5.41) is 20.8. The third kappa shape index (κ3) is 13.6. The number of carbonyl (C=O) groups excluding carboxylic acids is 2. The van der Waals surface area contributed by atoms with Gasteiger partial charge in [-0.2, -0.15) is 0 Å². The second-order valence-corrected chi connectivity index (χ2v) is 7.47. The van der Waals surface area contributed by atoms with E-state index in [1.54, 1.807) is 6.92 Å². The molecule has 0 heterocycles. The Kier molecular flexibility index (Phi) is 13.7. The zero-order valence-corrected chi connectivity index (χ0v) is 17.1. The molecule has 4 N–H and O–H groups in total. The second kappa shape index (κ2) is 14.5. The van der Waals surface area contributed by atoms with Crippen molar-refractivity contribution >= 4 is 25.7 Å². The summed E-state index contributed by atoms with van der Waals surface area (Å²) in [6, 6.07) is -1.53. The summed E-state index contributed by atoms with van der Waals surface area (Å²) in [6.45, 7) is 1.67. The summed E-state index contributed by atoms with van der Waals surface area (Å²) in [4.78, 5) is 43.4. The van der Waals surface area contributed by atoms with E-state index in [9.17, 15) is 28.9 Å². The maximum absolute atomic E-state index is 11.8. The molecule has 0 aliphatic heterocycles. The summed E-state index contributed by atoms with van der Waals surface area (Å²) in [5.74, 6) is -2.50. The van der Waals surface area contributed by atoms with Crippen LogP contribution in [0.25, 0.3) is 0 Å². The van der Waals surface area contributed by atoms with Crippen LogP contribution in [-0.4, -0.2) is 64.9 Å². The van der Waals surface area contributed by atoms with Gasteiger partial charge in [0, 0.05) is 12.8 Å². The first-order valence-corrected chi connectivity index (χ1v) is 10.6. The molecular formula is C16H30NO10P. The summed E-state index contributed by atoms with van der Waals surface area (Å²) in [7, 11) is -4.68. The van der Waals surface area contributed by atoms with Gasteiger partial charge < -0.3 is 25.2 Å². The number of hydrogen-bond acceptors (Lipinski definition) is 8. The summed E-state index contributed by atoms with van der Waals surface area (Å²) < 4.78 is 25.5.